The van der Waals surface area contributed by atoms with Crippen LogP contribution in [0.4, 0.5) is 0 Å². The van der Waals surface area contributed by atoms with Crippen molar-refractivity contribution in [3.8, 4) is 0 Å². The minimum absolute atomic E-state index is 0.00578. The maximum atomic E-state index is 14.3. The Morgan fingerprint density at radius 3 is 2.43 bits per heavy atom. The standard InChI is InChI=1S/C26H19NO3/c1-30-24(28)22-18-12-6-7-13-19(18)26(17-10-3-2-4-11-17)23(22)21-15-16-9-5-8-14-20(16)27(21)25(26)29/h2-15,22-23H,1H3/t22-,23+,26-/m1/s1. The molecule has 30 heavy (non-hydrogen) atoms. The lowest BCUT2D eigenvalue weighted by atomic mass is 9.68. The van der Waals surface area contributed by atoms with E-state index in [2.05, 4.69) is 6.07 Å². The van der Waals surface area contributed by atoms with Gasteiger partial charge in [-0.1, -0.05) is 72.8 Å². The number of aromatic nitrogens is 1. The highest BCUT2D eigenvalue weighted by Gasteiger charge is 2.65. The van der Waals surface area contributed by atoms with E-state index < -0.39 is 11.3 Å². The zero-order valence-electron chi connectivity index (χ0n) is 16.4. The van der Waals surface area contributed by atoms with E-state index >= 15 is 0 Å². The van der Waals surface area contributed by atoms with E-state index in [1.807, 2.05) is 83.4 Å². The van der Waals surface area contributed by atoms with E-state index in [4.69, 9.17) is 4.74 Å². The first-order valence-electron chi connectivity index (χ1n) is 10.1. The molecule has 1 aromatic heterocycles. The summed E-state index contributed by atoms with van der Waals surface area (Å²) in [6.07, 6.45) is 0. The number of fused-ring (bicyclic) bond motifs is 7. The summed E-state index contributed by atoms with van der Waals surface area (Å²) in [4.78, 5) is 27.4. The highest BCUT2D eigenvalue weighted by molar-refractivity contribution is 6.08. The van der Waals surface area contributed by atoms with Crippen molar-refractivity contribution >= 4 is 22.8 Å². The van der Waals surface area contributed by atoms with Gasteiger partial charge >= 0.3 is 5.97 Å². The fourth-order valence-electron chi connectivity index (χ4n) is 5.72. The summed E-state index contributed by atoms with van der Waals surface area (Å²) in [7, 11) is 1.42. The highest BCUT2D eigenvalue weighted by Crippen LogP contribution is 2.63. The highest BCUT2D eigenvalue weighted by atomic mass is 16.5. The Kier molecular flexibility index (Phi) is 3.40. The SMILES string of the molecule is COC(=O)[C@@H]1c2ccccc2[C@@]2(c3ccccc3)C(=O)n3c(cc4ccccc43)[C@@H]12. The Hall–Kier alpha value is -3.66. The van der Waals surface area contributed by atoms with Gasteiger partial charge in [0.1, 0.15) is 5.41 Å². The third-order valence-corrected chi connectivity index (χ3v) is 6.80. The van der Waals surface area contributed by atoms with E-state index in [9.17, 15) is 9.59 Å². The van der Waals surface area contributed by atoms with Crippen molar-refractivity contribution in [1.29, 1.82) is 0 Å². The molecule has 0 unspecified atom stereocenters. The van der Waals surface area contributed by atoms with Crippen molar-refractivity contribution in [1.82, 2.24) is 4.57 Å². The molecule has 0 bridgehead atoms. The van der Waals surface area contributed by atoms with Crippen molar-refractivity contribution in [2.24, 2.45) is 0 Å². The molecule has 2 aliphatic rings. The number of para-hydroxylation sites is 1. The van der Waals surface area contributed by atoms with Crippen LogP contribution >= 0.6 is 0 Å². The van der Waals surface area contributed by atoms with Crippen LogP contribution < -0.4 is 0 Å². The van der Waals surface area contributed by atoms with Crippen LogP contribution in [0.2, 0.25) is 0 Å². The quantitative estimate of drug-likeness (QED) is 0.466. The number of nitrogens with zero attached hydrogens (tertiary/aromatic N) is 1. The summed E-state index contributed by atoms with van der Waals surface area (Å²) in [6.45, 7) is 0. The predicted octanol–water partition coefficient (Wildman–Crippen LogP) is 4.64. The van der Waals surface area contributed by atoms with Gasteiger partial charge in [-0.25, -0.2) is 0 Å². The molecule has 0 N–H and O–H groups in total. The molecule has 4 heteroatoms. The van der Waals surface area contributed by atoms with Crippen LogP contribution in [0.15, 0.2) is 84.9 Å². The van der Waals surface area contributed by atoms with E-state index in [0.29, 0.717) is 0 Å². The fourth-order valence-corrected chi connectivity index (χ4v) is 5.72. The number of rotatable bonds is 2. The van der Waals surface area contributed by atoms with E-state index in [1.165, 1.54) is 7.11 Å². The van der Waals surface area contributed by atoms with Gasteiger partial charge in [-0.05, 0) is 28.8 Å². The topological polar surface area (TPSA) is 48.3 Å². The Morgan fingerprint density at radius 1 is 0.933 bits per heavy atom. The predicted molar refractivity (Wildman–Crippen MR) is 114 cm³/mol. The maximum Gasteiger partial charge on any atom is 0.313 e. The van der Waals surface area contributed by atoms with Gasteiger partial charge < -0.3 is 4.74 Å². The third-order valence-electron chi connectivity index (χ3n) is 6.80. The fraction of sp³-hybridized carbons (Fsp3) is 0.154. The minimum Gasteiger partial charge on any atom is -0.469 e. The Bertz CT molecular complexity index is 1340. The molecular formula is C26H19NO3. The molecule has 146 valence electrons. The van der Waals surface area contributed by atoms with Crippen molar-refractivity contribution in [2.75, 3.05) is 7.11 Å². The summed E-state index contributed by atoms with van der Waals surface area (Å²) in [6, 6.07) is 27.6. The molecule has 2 heterocycles. The molecule has 0 fully saturated rings. The van der Waals surface area contributed by atoms with Gasteiger partial charge in [0.25, 0.3) is 0 Å². The number of ether oxygens (including phenoxy) is 1. The summed E-state index contributed by atoms with van der Waals surface area (Å²) in [5.74, 6) is -1.21. The summed E-state index contributed by atoms with van der Waals surface area (Å²) >= 11 is 0. The van der Waals surface area contributed by atoms with Crippen LogP contribution in [0.1, 0.15) is 39.0 Å². The van der Waals surface area contributed by atoms with Gasteiger partial charge in [-0.2, -0.15) is 0 Å². The molecule has 6 rings (SSSR count). The average Bonchev–Trinajstić information content (AvgIpc) is 3.39. The van der Waals surface area contributed by atoms with Crippen molar-refractivity contribution in [3.63, 3.8) is 0 Å². The first-order chi connectivity index (χ1) is 14.7. The molecule has 4 nitrogen and oxygen atoms in total. The molecule has 1 aliphatic heterocycles. The van der Waals surface area contributed by atoms with Gasteiger partial charge in [0.05, 0.1) is 18.5 Å². The van der Waals surface area contributed by atoms with Crippen LogP contribution in [0.5, 0.6) is 0 Å². The minimum atomic E-state index is -0.948. The number of benzene rings is 3. The zero-order valence-corrected chi connectivity index (χ0v) is 16.4. The number of carbonyl (C=O) groups is 2. The van der Waals surface area contributed by atoms with Crippen LogP contribution in [0, 0.1) is 0 Å². The molecule has 0 radical (unpaired) electrons. The largest absolute Gasteiger partial charge is 0.469 e. The molecule has 0 spiro atoms. The van der Waals surface area contributed by atoms with Gasteiger partial charge in [-0.3, -0.25) is 14.2 Å². The lowest BCUT2D eigenvalue weighted by Crippen LogP contribution is -2.38. The third kappa shape index (κ3) is 1.86. The smallest absolute Gasteiger partial charge is 0.313 e. The molecular weight excluding hydrogens is 374 g/mol. The van der Waals surface area contributed by atoms with Crippen LogP contribution in [0.3, 0.4) is 0 Å². The first-order valence-corrected chi connectivity index (χ1v) is 10.1. The molecule has 3 atom stereocenters. The molecule has 1 aliphatic carbocycles. The van der Waals surface area contributed by atoms with Crippen LogP contribution in [-0.4, -0.2) is 23.6 Å². The van der Waals surface area contributed by atoms with Crippen molar-refractivity contribution < 1.29 is 14.3 Å². The lowest BCUT2D eigenvalue weighted by Gasteiger charge is -2.30. The second kappa shape index (κ2) is 5.92. The molecule has 0 saturated heterocycles. The van der Waals surface area contributed by atoms with E-state index in [-0.39, 0.29) is 17.8 Å². The maximum absolute atomic E-state index is 14.3. The van der Waals surface area contributed by atoms with Crippen LogP contribution in [-0.2, 0) is 14.9 Å². The molecule has 3 aromatic carbocycles. The molecule has 0 saturated carbocycles. The zero-order chi connectivity index (χ0) is 20.5. The number of carbonyl (C=O) groups excluding carboxylic acids is 2. The second-order valence-corrected chi connectivity index (χ2v) is 8.01. The number of methoxy groups -OCH3 is 1. The molecule has 0 amide bonds. The monoisotopic (exact) mass is 393 g/mol. The summed E-state index contributed by atoms with van der Waals surface area (Å²) in [5.41, 5.74) is 3.49. The average molecular weight is 393 g/mol. The van der Waals surface area contributed by atoms with Crippen molar-refractivity contribution in [2.45, 2.75) is 17.3 Å². The summed E-state index contributed by atoms with van der Waals surface area (Å²) < 4.78 is 7.06. The van der Waals surface area contributed by atoms with Crippen molar-refractivity contribution in [3.05, 3.63) is 107 Å². The number of esters is 1. The normalized spacial score (nSPS) is 23.8. The van der Waals surface area contributed by atoms with Crippen LogP contribution in [0.25, 0.3) is 10.9 Å². The summed E-state index contributed by atoms with van der Waals surface area (Å²) in [5, 5.41) is 1.00. The number of hydrogen-bond acceptors (Lipinski definition) is 3. The Balaban J connectivity index is 1.76. The second-order valence-electron chi connectivity index (χ2n) is 8.01. The Morgan fingerprint density at radius 2 is 1.63 bits per heavy atom. The van der Waals surface area contributed by atoms with E-state index in [1.54, 1.807) is 0 Å². The Labute approximate surface area is 173 Å². The van der Waals surface area contributed by atoms with E-state index in [0.717, 1.165) is 33.3 Å². The van der Waals surface area contributed by atoms with Gasteiger partial charge in [0.15, 0.2) is 0 Å². The first kappa shape index (κ1) is 17.2. The van der Waals surface area contributed by atoms with Gasteiger partial charge in [0.2, 0.25) is 5.91 Å². The molecule has 4 aromatic rings. The van der Waals surface area contributed by atoms with Gasteiger partial charge in [-0.15, -0.1) is 0 Å². The number of hydrogen-bond donors (Lipinski definition) is 0. The lowest BCUT2D eigenvalue weighted by molar-refractivity contribution is -0.143. The van der Waals surface area contributed by atoms with Gasteiger partial charge in [0, 0.05) is 17.0 Å².